The summed E-state index contributed by atoms with van der Waals surface area (Å²) in [6.45, 7) is 1.98. The van der Waals surface area contributed by atoms with Crippen LogP contribution in [0.1, 0.15) is 32.7 Å². The summed E-state index contributed by atoms with van der Waals surface area (Å²) in [5, 5.41) is 4.73. The lowest BCUT2D eigenvalue weighted by Gasteiger charge is -2.24. The number of imide groups is 1. The maximum atomic E-state index is 13.2. The van der Waals surface area contributed by atoms with Crippen LogP contribution >= 0.6 is 11.3 Å². The summed E-state index contributed by atoms with van der Waals surface area (Å²) in [6, 6.07) is 12.7. The second kappa shape index (κ2) is 8.87. The number of nitrogens with zero attached hydrogens (tertiary/aromatic N) is 2. The third-order valence-electron chi connectivity index (χ3n) is 5.28. The number of aromatic nitrogens is 1. The van der Waals surface area contributed by atoms with Crippen LogP contribution in [0.3, 0.4) is 0 Å². The van der Waals surface area contributed by atoms with Crippen LogP contribution in [-0.4, -0.2) is 54.1 Å². The molecular weight excluding hydrogens is 462 g/mol. The fourth-order valence-corrected chi connectivity index (χ4v) is 4.94. The Balaban J connectivity index is 1.59. The van der Waals surface area contributed by atoms with Crippen LogP contribution in [0.2, 0.25) is 0 Å². The van der Waals surface area contributed by atoms with E-state index in [2.05, 4.69) is 10.3 Å². The van der Waals surface area contributed by atoms with Gasteiger partial charge in [0.1, 0.15) is 15.9 Å². The number of anilines is 1. The number of nitrogens with one attached hydrogen (secondary N) is 1. The number of hydrogen-bond acceptors (Lipinski definition) is 7. The molecule has 0 fully saturated rings. The first kappa shape index (κ1) is 22.8. The number of rotatable bonds is 7. The third kappa shape index (κ3) is 4.86. The van der Waals surface area contributed by atoms with Gasteiger partial charge in [0, 0.05) is 17.2 Å². The molecule has 3 amide bonds. The van der Waals surface area contributed by atoms with Crippen LogP contribution in [0.15, 0.2) is 53.9 Å². The van der Waals surface area contributed by atoms with E-state index in [4.69, 9.17) is 0 Å². The lowest BCUT2D eigenvalue weighted by atomic mass is 10.1. The van der Waals surface area contributed by atoms with E-state index in [-0.39, 0.29) is 28.4 Å². The number of benzene rings is 2. The first-order valence-electron chi connectivity index (χ1n) is 10.1. The fraction of sp³-hybridized carbons (Fsp3) is 0.217. The van der Waals surface area contributed by atoms with Gasteiger partial charge in [0.25, 0.3) is 11.8 Å². The van der Waals surface area contributed by atoms with Crippen molar-refractivity contribution >= 4 is 44.0 Å². The van der Waals surface area contributed by atoms with Gasteiger partial charge < -0.3 is 5.32 Å². The smallest absolute Gasteiger partial charge is 0.262 e. The number of amides is 3. The van der Waals surface area contributed by atoms with Crippen LogP contribution in [0, 0.1) is 6.92 Å². The first-order valence-corrected chi connectivity index (χ1v) is 13.1. The highest BCUT2D eigenvalue weighted by molar-refractivity contribution is 7.90. The quantitative estimate of drug-likeness (QED) is 0.517. The van der Waals surface area contributed by atoms with E-state index in [1.807, 2.05) is 31.2 Å². The van der Waals surface area contributed by atoms with Crippen molar-refractivity contribution in [1.82, 2.24) is 9.88 Å². The summed E-state index contributed by atoms with van der Waals surface area (Å²) in [5.74, 6) is -2.27. The Kier molecular flexibility index (Phi) is 6.13. The number of carbonyl (C=O) groups is 3. The number of carbonyl (C=O) groups excluding carboxylic acids is 3. The molecule has 0 bridgehead atoms. The minimum absolute atomic E-state index is 0.190. The topological polar surface area (TPSA) is 114 Å². The van der Waals surface area contributed by atoms with E-state index in [0.717, 1.165) is 22.3 Å². The van der Waals surface area contributed by atoms with E-state index < -0.39 is 33.6 Å². The van der Waals surface area contributed by atoms with Crippen molar-refractivity contribution in [2.24, 2.45) is 0 Å². The van der Waals surface area contributed by atoms with Gasteiger partial charge in [0.15, 0.2) is 5.13 Å². The molecule has 1 aliphatic heterocycles. The fourth-order valence-electron chi connectivity index (χ4n) is 3.57. The second-order valence-corrected chi connectivity index (χ2v) is 11.0. The van der Waals surface area contributed by atoms with Crippen molar-refractivity contribution in [2.75, 3.05) is 17.3 Å². The molecule has 1 aliphatic rings. The Morgan fingerprint density at radius 1 is 1.06 bits per heavy atom. The normalized spacial score (nSPS) is 14.3. The average Bonchev–Trinajstić information content (AvgIpc) is 3.32. The molecule has 10 heteroatoms. The number of hydrogen-bond donors (Lipinski definition) is 1. The second-order valence-electron chi connectivity index (χ2n) is 7.85. The van der Waals surface area contributed by atoms with E-state index in [0.29, 0.717) is 5.69 Å². The summed E-state index contributed by atoms with van der Waals surface area (Å²) in [4.78, 5) is 44.3. The summed E-state index contributed by atoms with van der Waals surface area (Å²) in [6.07, 6.45) is 0.825. The lowest BCUT2D eigenvalue weighted by Crippen LogP contribution is -2.48. The van der Waals surface area contributed by atoms with Gasteiger partial charge in [-0.15, -0.1) is 11.3 Å². The van der Waals surface area contributed by atoms with Gasteiger partial charge in [0.05, 0.1) is 22.6 Å². The van der Waals surface area contributed by atoms with Gasteiger partial charge in [-0.1, -0.05) is 42.0 Å². The van der Waals surface area contributed by atoms with Gasteiger partial charge in [-0.05, 0) is 25.5 Å². The molecule has 4 rings (SSSR count). The molecule has 1 aromatic heterocycles. The number of thiazole rings is 1. The van der Waals surface area contributed by atoms with E-state index in [9.17, 15) is 22.8 Å². The summed E-state index contributed by atoms with van der Waals surface area (Å²) in [7, 11) is -3.44. The highest BCUT2D eigenvalue weighted by Crippen LogP contribution is 2.28. The zero-order valence-corrected chi connectivity index (χ0v) is 19.6. The van der Waals surface area contributed by atoms with Crippen molar-refractivity contribution < 1.29 is 22.8 Å². The monoisotopic (exact) mass is 483 g/mol. The van der Waals surface area contributed by atoms with Crippen molar-refractivity contribution in [1.29, 1.82) is 0 Å². The van der Waals surface area contributed by atoms with Crippen molar-refractivity contribution in [2.45, 2.75) is 19.4 Å². The summed E-state index contributed by atoms with van der Waals surface area (Å²) in [5.41, 5.74) is 3.04. The molecule has 170 valence electrons. The third-order valence-corrected chi connectivity index (χ3v) is 7.02. The largest absolute Gasteiger partial charge is 0.300 e. The maximum Gasteiger partial charge on any atom is 0.262 e. The van der Waals surface area contributed by atoms with Gasteiger partial charge in [-0.3, -0.25) is 19.3 Å². The average molecular weight is 484 g/mol. The van der Waals surface area contributed by atoms with Crippen LogP contribution < -0.4 is 5.32 Å². The molecule has 33 heavy (non-hydrogen) atoms. The first-order chi connectivity index (χ1) is 15.6. The van der Waals surface area contributed by atoms with Crippen molar-refractivity contribution in [3.05, 3.63) is 70.6 Å². The van der Waals surface area contributed by atoms with Gasteiger partial charge in [-0.2, -0.15) is 0 Å². The molecule has 0 saturated carbocycles. The molecule has 3 aromatic rings. The zero-order valence-electron chi connectivity index (χ0n) is 17.9. The van der Waals surface area contributed by atoms with Gasteiger partial charge in [0.2, 0.25) is 5.91 Å². The van der Waals surface area contributed by atoms with Gasteiger partial charge >= 0.3 is 0 Å². The highest BCUT2D eigenvalue weighted by Gasteiger charge is 2.43. The Labute approximate surface area is 195 Å². The van der Waals surface area contributed by atoms with Crippen LogP contribution in [-0.2, 0) is 14.6 Å². The molecule has 1 unspecified atom stereocenters. The standard InChI is InChI=1S/C23H21N3O5S2/c1-14-7-9-15(10-8-14)18-13-32-23(24-18)25-20(27)19(11-12-33(2,30)31)26-21(28)16-5-3-4-6-17(16)22(26)29/h3-10,13,19H,11-12H2,1-2H3,(H,24,25,27). The summed E-state index contributed by atoms with van der Waals surface area (Å²) < 4.78 is 23.5. The molecule has 1 atom stereocenters. The molecule has 1 N–H and O–H groups in total. The molecule has 0 saturated heterocycles. The minimum atomic E-state index is -3.44. The zero-order chi connectivity index (χ0) is 23.8. The molecule has 0 aliphatic carbocycles. The van der Waals surface area contributed by atoms with Crippen LogP contribution in [0.4, 0.5) is 5.13 Å². The Bertz CT molecular complexity index is 1310. The molecule has 0 radical (unpaired) electrons. The van der Waals surface area contributed by atoms with E-state index in [1.165, 1.54) is 23.5 Å². The van der Waals surface area contributed by atoms with Crippen molar-refractivity contribution in [3.8, 4) is 11.3 Å². The predicted octanol–water partition coefficient (Wildman–Crippen LogP) is 3.16. The Morgan fingerprint density at radius 2 is 1.67 bits per heavy atom. The molecule has 0 spiro atoms. The number of fused-ring (bicyclic) bond motifs is 1. The van der Waals surface area contributed by atoms with Crippen molar-refractivity contribution in [3.63, 3.8) is 0 Å². The molecule has 8 nitrogen and oxygen atoms in total. The number of sulfone groups is 1. The SMILES string of the molecule is Cc1ccc(-c2csc(NC(=O)C(CCS(C)(=O)=O)N3C(=O)c4ccccc4C3=O)n2)cc1. The maximum absolute atomic E-state index is 13.2. The van der Waals surface area contributed by atoms with Crippen LogP contribution in [0.25, 0.3) is 11.3 Å². The molecule has 2 heterocycles. The lowest BCUT2D eigenvalue weighted by molar-refractivity contribution is -0.120. The minimum Gasteiger partial charge on any atom is -0.300 e. The van der Waals surface area contributed by atoms with E-state index >= 15 is 0 Å². The molecular formula is C23H21N3O5S2. The Hall–Kier alpha value is -3.37. The summed E-state index contributed by atoms with van der Waals surface area (Å²) >= 11 is 1.20. The highest BCUT2D eigenvalue weighted by atomic mass is 32.2. The Morgan fingerprint density at radius 3 is 2.24 bits per heavy atom. The van der Waals surface area contributed by atoms with Gasteiger partial charge in [-0.25, -0.2) is 13.4 Å². The number of aryl methyl sites for hydroxylation is 1. The van der Waals surface area contributed by atoms with E-state index in [1.54, 1.807) is 17.5 Å². The van der Waals surface area contributed by atoms with Crippen LogP contribution in [0.5, 0.6) is 0 Å². The molecule has 2 aromatic carbocycles. The predicted molar refractivity (Wildman–Crippen MR) is 126 cm³/mol.